The summed E-state index contributed by atoms with van der Waals surface area (Å²) < 4.78 is 23.5. The van der Waals surface area contributed by atoms with Crippen molar-refractivity contribution < 1.29 is 38.4 Å². The molecular weight excluding hydrogens is 462 g/mol. The van der Waals surface area contributed by atoms with Gasteiger partial charge in [-0.05, 0) is 12.1 Å². The minimum Gasteiger partial charge on any atom is -0.508 e. The van der Waals surface area contributed by atoms with Crippen molar-refractivity contribution in [2.45, 2.75) is 45.3 Å². The van der Waals surface area contributed by atoms with E-state index in [1.165, 1.54) is 50.1 Å². The van der Waals surface area contributed by atoms with Crippen LogP contribution in [0.5, 0.6) is 5.75 Å². The molecule has 35 heavy (non-hydrogen) atoms. The van der Waals surface area contributed by atoms with E-state index < -0.39 is 42.4 Å². The Balaban J connectivity index is 1.71. The number of carbonyl (C=O) groups is 3. The maximum atomic E-state index is 11.9. The van der Waals surface area contributed by atoms with Crippen LogP contribution in [0.3, 0.4) is 0 Å². The molecule has 1 saturated heterocycles. The van der Waals surface area contributed by atoms with Gasteiger partial charge in [0, 0.05) is 32.5 Å². The molecule has 0 bridgehead atoms. The van der Waals surface area contributed by atoms with Crippen LogP contribution in [-0.2, 0) is 33.3 Å². The molecule has 0 unspecified atom stereocenters. The van der Waals surface area contributed by atoms with Crippen molar-refractivity contribution in [1.29, 1.82) is 0 Å². The molecule has 4 rings (SSSR count). The highest BCUT2D eigenvalue weighted by Gasteiger charge is 2.51. The lowest BCUT2D eigenvalue weighted by molar-refractivity contribution is -0.166. The molecular formula is C22H23N5O8. The number of hydrogen-bond donors (Lipinski definition) is 2. The number of rotatable bonds is 7. The third-order valence-electron chi connectivity index (χ3n) is 5.08. The molecule has 13 nitrogen and oxygen atoms in total. The van der Waals surface area contributed by atoms with Crippen molar-refractivity contribution in [2.75, 3.05) is 11.9 Å². The average molecular weight is 485 g/mol. The van der Waals surface area contributed by atoms with Gasteiger partial charge in [0.15, 0.2) is 35.4 Å². The lowest BCUT2D eigenvalue weighted by Gasteiger charge is -2.23. The number of carbonyl (C=O) groups excluding carboxylic acids is 3. The van der Waals surface area contributed by atoms with E-state index in [1.807, 2.05) is 0 Å². The summed E-state index contributed by atoms with van der Waals surface area (Å²) in [6.45, 7) is 3.43. The SMILES string of the molecule is CC(=O)OC[C@H]1O[C@@H](n2cnc3c(Nc4cccc(O)c4)ncnc32)[C@@H](OC(C)=O)[C@H]1OC(C)=O. The third kappa shape index (κ3) is 5.30. The molecule has 3 aromatic rings. The van der Waals surface area contributed by atoms with Gasteiger partial charge < -0.3 is 29.4 Å². The van der Waals surface area contributed by atoms with E-state index in [2.05, 4.69) is 20.3 Å². The van der Waals surface area contributed by atoms with E-state index >= 15 is 0 Å². The Kier molecular flexibility index (Phi) is 6.78. The van der Waals surface area contributed by atoms with Gasteiger partial charge in [-0.2, -0.15) is 0 Å². The lowest BCUT2D eigenvalue weighted by atomic mass is 10.1. The predicted molar refractivity (Wildman–Crippen MR) is 118 cm³/mol. The fourth-order valence-corrected chi connectivity index (χ4v) is 3.77. The Hall–Kier alpha value is -4.26. The average Bonchev–Trinajstić information content (AvgIpc) is 3.34. The molecule has 2 N–H and O–H groups in total. The summed E-state index contributed by atoms with van der Waals surface area (Å²) in [4.78, 5) is 47.9. The van der Waals surface area contributed by atoms with Gasteiger partial charge >= 0.3 is 17.9 Å². The first-order chi connectivity index (χ1) is 16.7. The number of nitrogens with zero attached hydrogens (tertiary/aromatic N) is 4. The molecule has 0 radical (unpaired) electrons. The number of esters is 3. The molecule has 1 aliphatic rings. The van der Waals surface area contributed by atoms with Gasteiger partial charge in [-0.25, -0.2) is 15.0 Å². The maximum Gasteiger partial charge on any atom is 0.303 e. The summed E-state index contributed by atoms with van der Waals surface area (Å²) in [7, 11) is 0. The first-order valence-electron chi connectivity index (χ1n) is 10.6. The van der Waals surface area contributed by atoms with Crippen molar-refractivity contribution in [2.24, 2.45) is 0 Å². The van der Waals surface area contributed by atoms with Crippen LogP contribution in [0.2, 0.25) is 0 Å². The first-order valence-corrected chi connectivity index (χ1v) is 10.6. The Bertz CT molecular complexity index is 1260. The molecule has 2 aromatic heterocycles. The highest BCUT2D eigenvalue weighted by Crippen LogP contribution is 2.36. The molecule has 0 saturated carbocycles. The maximum absolute atomic E-state index is 11.9. The van der Waals surface area contributed by atoms with Crippen LogP contribution in [0.1, 0.15) is 27.0 Å². The third-order valence-corrected chi connectivity index (χ3v) is 5.08. The Morgan fingerprint density at radius 1 is 1.06 bits per heavy atom. The molecule has 184 valence electrons. The highest BCUT2D eigenvalue weighted by molar-refractivity contribution is 5.85. The van der Waals surface area contributed by atoms with Crippen LogP contribution in [-0.4, -0.2) is 67.5 Å². The molecule has 1 aromatic carbocycles. The van der Waals surface area contributed by atoms with Crippen LogP contribution >= 0.6 is 0 Å². The van der Waals surface area contributed by atoms with Crippen LogP contribution in [0.25, 0.3) is 11.2 Å². The fourth-order valence-electron chi connectivity index (χ4n) is 3.77. The number of aromatic nitrogens is 4. The molecule has 3 heterocycles. The number of imidazole rings is 1. The predicted octanol–water partition coefficient (Wildman–Crippen LogP) is 1.60. The van der Waals surface area contributed by atoms with Crippen LogP contribution < -0.4 is 5.32 Å². The van der Waals surface area contributed by atoms with Gasteiger partial charge in [0.2, 0.25) is 0 Å². The number of phenolic OH excluding ortho intramolecular Hbond substituents is 1. The number of phenols is 1. The normalized spacial score (nSPS) is 21.5. The summed E-state index contributed by atoms with van der Waals surface area (Å²) in [5, 5.41) is 12.8. The van der Waals surface area contributed by atoms with Gasteiger partial charge in [-0.3, -0.25) is 19.0 Å². The molecule has 4 atom stereocenters. The summed E-state index contributed by atoms with van der Waals surface area (Å²) in [6.07, 6.45) is -1.32. The zero-order valence-electron chi connectivity index (χ0n) is 19.1. The van der Waals surface area contributed by atoms with E-state index in [0.29, 0.717) is 22.7 Å². The number of nitrogens with one attached hydrogen (secondary N) is 1. The second-order valence-corrected chi connectivity index (χ2v) is 7.74. The van der Waals surface area contributed by atoms with E-state index in [4.69, 9.17) is 18.9 Å². The summed E-state index contributed by atoms with van der Waals surface area (Å²) in [5.41, 5.74) is 1.28. The lowest BCUT2D eigenvalue weighted by Crippen LogP contribution is -2.40. The molecule has 0 spiro atoms. The molecule has 0 aliphatic carbocycles. The summed E-state index contributed by atoms with van der Waals surface area (Å²) in [5.74, 6) is -1.37. The minimum absolute atomic E-state index is 0.0738. The Morgan fingerprint density at radius 2 is 1.80 bits per heavy atom. The molecule has 1 aliphatic heterocycles. The second kappa shape index (κ2) is 9.93. The van der Waals surface area contributed by atoms with E-state index in [1.54, 1.807) is 12.1 Å². The number of benzene rings is 1. The van der Waals surface area contributed by atoms with Crippen molar-refractivity contribution in [3.05, 3.63) is 36.9 Å². The van der Waals surface area contributed by atoms with Crippen LogP contribution in [0.4, 0.5) is 11.5 Å². The topological polar surface area (TPSA) is 164 Å². The summed E-state index contributed by atoms with van der Waals surface area (Å²) in [6, 6.07) is 6.47. The van der Waals surface area contributed by atoms with Crippen molar-refractivity contribution in [3.8, 4) is 5.75 Å². The highest BCUT2D eigenvalue weighted by atomic mass is 16.7. The largest absolute Gasteiger partial charge is 0.508 e. The number of ether oxygens (including phenoxy) is 4. The van der Waals surface area contributed by atoms with E-state index in [9.17, 15) is 19.5 Å². The number of anilines is 2. The molecule has 1 fully saturated rings. The van der Waals surface area contributed by atoms with Crippen molar-refractivity contribution in [1.82, 2.24) is 19.5 Å². The molecule has 0 amide bonds. The summed E-state index contributed by atoms with van der Waals surface area (Å²) >= 11 is 0. The fraction of sp³-hybridized carbons (Fsp3) is 0.364. The standard InChI is InChI=1S/C22H23N5O8/c1-11(28)32-8-16-18(33-12(2)29)19(34-13(3)30)22(35-16)27-10-25-17-20(23-9-24-21(17)27)26-14-5-4-6-15(31)7-14/h4-7,9-10,16,18-19,22,31H,8H2,1-3H3,(H,23,24,26)/t16-,18+,19+,22-/m1/s1. The minimum atomic E-state index is -1.08. The van der Waals surface area contributed by atoms with Gasteiger partial charge in [-0.1, -0.05) is 6.07 Å². The monoisotopic (exact) mass is 485 g/mol. The van der Waals surface area contributed by atoms with E-state index in [-0.39, 0.29) is 12.4 Å². The van der Waals surface area contributed by atoms with Gasteiger partial charge in [0.25, 0.3) is 0 Å². The van der Waals surface area contributed by atoms with Crippen molar-refractivity contribution in [3.63, 3.8) is 0 Å². The van der Waals surface area contributed by atoms with Gasteiger partial charge in [0.05, 0.1) is 6.33 Å². The Morgan fingerprint density at radius 3 is 2.49 bits per heavy atom. The van der Waals surface area contributed by atoms with Gasteiger partial charge in [-0.15, -0.1) is 0 Å². The smallest absolute Gasteiger partial charge is 0.303 e. The Labute approximate surface area is 199 Å². The van der Waals surface area contributed by atoms with Crippen LogP contribution in [0, 0.1) is 0 Å². The van der Waals surface area contributed by atoms with E-state index in [0.717, 1.165) is 0 Å². The zero-order chi connectivity index (χ0) is 25.1. The van der Waals surface area contributed by atoms with Crippen molar-refractivity contribution >= 4 is 40.6 Å². The zero-order valence-corrected chi connectivity index (χ0v) is 19.1. The first kappa shape index (κ1) is 23.9. The molecule has 13 heteroatoms. The van der Waals surface area contributed by atoms with Gasteiger partial charge in [0.1, 0.15) is 24.8 Å². The quantitative estimate of drug-likeness (QED) is 0.367. The number of aromatic hydroxyl groups is 1. The number of hydrogen-bond acceptors (Lipinski definition) is 12. The second-order valence-electron chi connectivity index (χ2n) is 7.74. The van der Waals surface area contributed by atoms with Crippen LogP contribution in [0.15, 0.2) is 36.9 Å². The number of fused-ring (bicyclic) bond motifs is 1.